The number of aliphatic hydroxyl groups excluding tert-OH is 4. The second kappa shape index (κ2) is 6.33. The SMILES string of the molecule is O=[N+]([O-])c1ccc(O[C@H]2O[C@H](CO)[C@@H](O)[C@H](O)[C@H]2O)cc1. The summed E-state index contributed by atoms with van der Waals surface area (Å²) in [6, 6.07) is 5.03. The van der Waals surface area contributed by atoms with Crippen molar-refractivity contribution in [2.24, 2.45) is 0 Å². The van der Waals surface area contributed by atoms with Crippen molar-refractivity contribution in [1.82, 2.24) is 0 Å². The fraction of sp³-hybridized carbons (Fsp3) is 0.500. The van der Waals surface area contributed by atoms with Crippen molar-refractivity contribution in [1.29, 1.82) is 0 Å². The molecule has 0 radical (unpaired) electrons. The fourth-order valence-electron chi connectivity index (χ4n) is 1.95. The van der Waals surface area contributed by atoms with E-state index in [0.717, 1.165) is 0 Å². The Labute approximate surface area is 119 Å². The molecule has 0 unspecified atom stereocenters. The number of non-ortho nitro benzene ring substituents is 1. The number of ether oxygens (including phenoxy) is 2. The molecule has 0 bridgehead atoms. The van der Waals surface area contributed by atoms with Crippen LogP contribution in [-0.2, 0) is 4.74 Å². The number of hydrogen-bond donors (Lipinski definition) is 4. The average Bonchev–Trinajstić information content (AvgIpc) is 2.48. The number of nitro groups is 1. The first-order chi connectivity index (χ1) is 9.93. The molecule has 1 aliphatic heterocycles. The standard InChI is InChI=1S/C12H15NO8/c14-5-8-9(15)10(16)11(17)12(21-8)20-7-3-1-6(2-4-7)13(18)19/h1-4,8-12,14-17H,5H2/t8-,9-,10+,11-,12+/m1/s1. The van der Waals surface area contributed by atoms with Crippen molar-refractivity contribution in [3.05, 3.63) is 34.4 Å². The number of hydrogen-bond acceptors (Lipinski definition) is 8. The summed E-state index contributed by atoms with van der Waals surface area (Å²) in [5.41, 5.74) is -0.129. The molecule has 1 aromatic rings. The lowest BCUT2D eigenvalue weighted by atomic mass is 9.99. The highest BCUT2D eigenvalue weighted by molar-refractivity contribution is 5.36. The van der Waals surface area contributed by atoms with Crippen LogP contribution in [0.25, 0.3) is 0 Å². The second-order valence-corrected chi connectivity index (χ2v) is 4.57. The average molecular weight is 301 g/mol. The number of nitrogens with zero attached hydrogens (tertiary/aromatic N) is 1. The van der Waals surface area contributed by atoms with E-state index in [2.05, 4.69) is 0 Å². The molecule has 0 saturated carbocycles. The summed E-state index contributed by atoms with van der Waals surface area (Å²) < 4.78 is 10.4. The highest BCUT2D eigenvalue weighted by Gasteiger charge is 2.44. The Bertz CT molecular complexity index is 491. The Morgan fingerprint density at radius 3 is 2.29 bits per heavy atom. The fourth-order valence-corrected chi connectivity index (χ4v) is 1.95. The predicted octanol–water partition coefficient (Wildman–Crippen LogP) is -1.23. The van der Waals surface area contributed by atoms with Crippen molar-refractivity contribution < 1.29 is 34.8 Å². The van der Waals surface area contributed by atoms with Gasteiger partial charge in [-0.1, -0.05) is 0 Å². The first kappa shape index (κ1) is 15.6. The maximum atomic E-state index is 10.5. The van der Waals surface area contributed by atoms with Crippen LogP contribution in [0.2, 0.25) is 0 Å². The molecule has 1 saturated heterocycles. The van der Waals surface area contributed by atoms with Crippen LogP contribution in [0.5, 0.6) is 5.75 Å². The highest BCUT2D eigenvalue weighted by atomic mass is 16.7. The summed E-state index contributed by atoms with van der Waals surface area (Å²) in [4.78, 5) is 9.95. The summed E-state index contributed by atoms with van der Waals surface area (Å²) >= 11 is 0. The molecule has 0 spiro atoms. The molecule has 1 fully saturated rings. The molecule has 9 heteroatoms. The zero-order chi connectivity index (χ0) is 15.6. The quantitative estimate of drug-likeness (QED) is 0.400. The third kappa shape index (κ3) is 3.28. The van der Waals surface area contributed by atoms with Crippen molar-refractivity contribution in [3.63, 3.8) is 0 Å². The van der Waals surface area contributed by atoms with Gasteiger partial charge in [0.25, 0.3) is 5.69 Å². The van der Waals surface area contributed by atoms with Gasteiger partial charge in [-0.3, -0.25) is 10.1 Å². The van der Waals surface area contributed by atoms with Gasteiger partial charge in [-0.25, -0.2) is 0 Å². The monoisotopic (exact) mass is 301 g/mol. The van der Waals surface area contributed by atoms with Crippen molar-refractivity contribution in [2.75, 3.05) is 6.61 Å². The minimum absolute atomic E-state index is 0.129. The van der Waals surface area contributed by atoms with Crippen LogP contribution in [0.3, 0.4) is 0 Å². The zero-order valence-electron chi connectivity index (χ0n) is 10.8. The van der Waals surface area contributed by atoms with Gasteiger partial charge < -0.3 is 29.9 Å². The number of nitro benzene ring substituents is 1. The molecule has 21 heavy (non-hydrogen) atoms. The zero-order valence-corrected chi connectivity index (χ0v) is 10.8. The van der Waals surface area contributed by atoms with E-state index >= 15 is 0 Å². The van der Waals surface area contributed by atoms with Crippen LogP contribution < -0.4 is 4.74 Å². The Kier molecular flexibility index (Phi) is 4.70. The van der Waals surface area contributed by atoms with Crippen LogP contribution in [0.4, 0.5) is 5.69 Å². The van der Waals surface area contributed by atoms with E-state index in [0.29, 0.717) is 0 Å². The molecular weight excluding hydrogens is 286 g/mol. The predicted molar refractivity (Wildman–Crippen MR) is 67.5 cm³/mol. The van der Waals surface area contributed by atoms with Crippen LogP contribution in [0, 0.1) is 10.1 Å². The third-order valence-corrected chi connectivity index (χ3v) is 3.15. The van der Waals surface area contributed by atoms with E-state index in [4.69, 9.17) is 14.6 Å². The van der Waals surface area contributed by atoms with E-state index in [1.54, 1.807) is 0 Å². The molecule has 2 rings (SSSR count). The maximum absolute atomic E-state index is 10.5. The van der Waals surface area contributed by atoms with Crippen molar-refractivity contribution in [3.8, 4) is 5.75 Å². The highest BCUT2D eigenvalue weighted by Crippen LogP contribution is 2.25. The first-order valence-electron chi connectivity index (χ1n) is 6.15. The molecule has 5 atom stereocenters. The second-order valence-electron chi connectivity index (χ2n) is 4.57. The topological polar surface area (TPSA) is 143 Å². The maximum Gasteiger partial charge on any atom is 0.269 e. The van der Waals surface area contributed by atoms with Gasteiger partial charge in [-0.15, -0.1) is 0 Å². The number of benzene rings is 1. The first-order valence-corrected chi connectivity index (χ1v) is 6.15. The van der Waals surface area contributed by atoms with Gasteiger partial charge in [0.2, 0.25) is 6.29 Å². The van der Waals surface area contributed by atoms with E-state index in [1.807, 2.05) is 0 Å². The lowest BCUT2D eigenvalue weighted by Crippen LogP contribution is -2.60. The van der Waals surface area contributed by atoms with Crippen LogP contribution in [0.1, 0.15) is 0 Å². The molecule has 1 aliphatic rings. The van der Waals surface area contributed by atoms with Crippen LogP contribution >= 0.6 is 0 Å². The summed E-state index contributed by atoms with van der Waals surface area (Å²) in [6.45, 7) is -0.564. The Hall–Kier alpha value is -1.78. The molecule has 116 valence electrons. The Morgan fingerprint density at radius 2 is 1.76 bits per heavy atom. The van der Waals surface area contributed by atoms with Crippen LogP contribution in [0.15, 0.2) is 24.3 Å². The molecule has 1 aromatic carbocycles. The molecule has 0 amide bonds. The van der Waals surface area contributed by atoms with E-state index in [-0.39, 0.29) is 11.4 Å². The van der Waals surface area contributed by atoms with Crippen molar-refractivity contribution in [2.45, 2.75) is 30.7 Å². The van der Waals surface area contributed by atoms with E-state index < -0.39 is 42.2 Å². The molecule has 0 aliphatic carbocycles. The van der Waals surface area contributed by atoms with Crippen LogP contribution in [-0.4, -0.2) is 62.7 Å². The van der Waals surface area contributed by atoms with Gasteiger partial charge in [0.1, 0.15) is 30.2 Å². The van der Waals surface area contributed by atoms with Gasteiger partial charge >= 0.3 is 0 Å². The van der Waals surface area contributed by atoms with Crippen molar-refractivity contribution >= 4 is 5.69 Å². The molecule has 4 N–H and O–H groups in total. The van der Waals surface area contributed by atoms with Gasteiger partial charge in [-0.2, -0.15) is 0 Å². The normalized spacial score (nSPS) is 32.7. The van der Waals surface area contributed by atoms with Gasteiger partial charge in [-0.05, 0) is 12.1 Å². The van der Waals surface area contributed by atoms with Gasteiger partial charge in [0, 0.05) is 12.1 Å². The number of aliphatic hydroxyl groups is 4. The third-order valence-electron chi connectivity index (χ3n) is 3.15. The van der Waals surface area contributed by atoms with Gasteiger partial charge in [0.05, 0.1) is 11.5 Å². The number of rotatable bonds is 4. The minimum atomic E-state index is -1.54. The summed E-state index contributed by atoms with van der Waals surface area (Å²) in [5.74, 6) is 0.171. The summed E-state index contributed by atoms with van der Waals surface area (Å²) in [7, 11) is 0. The Balaban J connectivity index is 2.08. The molecular formula is C12H15NO8. The smallest absolute Gasteiger partial charge is 0.269 e. The lowest BCUT2D eigenvalue weighted by molar-refractivity contribution is -0.384. The Morgan fingerprint density at radius 1 is 1.14 bits per heavy atom. The van der Waals surface area contributed by atoms with E-state index in [9.17, 15) is 25.4 Å². The molecule has 0 aromatic heterocycles. The van der Waals surface area contributed by atoms with Gasteiger partial charge in [0.15, 0.2) is 0 Å². The molecule has 1 heterocycles. The summed E-state index contributed by atoms with van der Waals surface area (Å²) in [5, 5.41) is 48.6. The molecule has 9 nitrogen and oxygen atoms in total. The minimum Gasteiger partial charge on any atom is -0.462 e. The largest absolute Gasteiger partial charge is 0.462 e. The van der Waals surface area contributed by atoms with E-state index in [1.165, 1.54) is 24.3 Å². The lowest BCUT2D eigenvalue weighted by Gasteiger charge is -2.39. The summed E-state index contributed by atoms with van der Waals surface area (Å²) in [6.07, 6.45) is -6.94.